The Labute approximate surface area is 109 Å². The molecule has 1 amide bonds. The van der Waals surface area contributed by atoms with Crippen molar-refractivity contribution >= 4 is 11.6 Å². The number of anilines is 1. The summed E-state index contributed by atoms with van der Waals surface area (Å²) in [5, 5.41) is 20.1. The molecule has 2 heterocycles. The molecule has 0 aliphatic carbocycles. The number of tetrazole rings is 1. The average molecular weight is 259 g/mol. The molecule has 1 aliphatic heterocycles. The minimum Gasteiger partial charge on any atom is -0.396 e. The van der Waals surface area contributed by atoms with Crippen molar-refractivity contribution in [2.45, 2.75) is 6.42 Å². The van der Waals surface area contributed by atoms with Gasteiger partial charge in [0.25, 0.3) is 0 Å². The second-order valence-electron chi connectivity index (χ2n) is 4.53. The number of aromatic nitrogens is 4. The quantitative estimate of drug-likeness (QED) is 0.839. The lowest BCUT2D eigenvalue weighted by molar-refractivity contribution is -0.117. The van der Waals surface area contributed by atoms with E-state index in [1.807, 2.05) is 24.3 Å². The van der Waals surface area contributed by atoms with Gasteiger partial charge < -0.3 is 10.0 Å². The van der Waals surface area contributed by atoms with Crippen LogP contribution in [0.5, 0.6) is 0 Å². The van der Waals surface area contributed by atoms with Crippen molar-refractivity contribution in [2.75, 3.05) is 18.1 Å². The first-order valence-corrected chi connectivity index (χ1v) is 6.02. The molecule has 19 heavy (non-hydrogen) atoms. The molecular formula is C12H13N5O2. The van der Waals surface area contributed by atoms with Crippen LogP contribution in [0.3, 0.4) is 0 Å². The number of aliphatic hydroxyl groups is 1. The third kappa shape index (κ3) is 2.19. The van der Waals surface area contributed by atoms with Gasteiger partial charge in [0.15, 0.2) is 0 Å². The van der Waals surface area contributed by atoms with Gasteiger partial charge in [-0.15, -0.1) is 5.10 Å². The van der Waals surface area contributed by atoms with E-state index in [0.717, 1.165) is 11.4 Å². The summed E-state index contributed by atoms with van der Waals surface area (Å²) in [7, 11) is 0. The highest BCUT2D eigenvalue weighted by Crippen LogP contribution is 2.26. The second kappa shape index (κ2) is 4.77. The number of amides is 1. The molecule has 1 saturated heterocycles. The summed E-state index contributed by atoms with van der Waals surface area (Å²) in [5.74, 6) is 0.0529. The van der Waals surface area contributed by atoms with Crippen molar-refractivity contribution in [3.63, 3.8) is 0 Å². The van der Waals surface area contributed by atoms with E-state index in [1.54, 1.807) is 4.90 Å². The molecular weight excluding hydrogens is 246 g/mol. The van der Waals surface area contributed by atoms with Gasteiger partial charge in [0.2, 0.25) is 5.91 Å². The molecule has 7 nitrogen and oxygen atoms in total. The molecule has 98 valence electrons. The third-order valence-electron chi connectivity index (χ3n) is 3.22. The van der Waals surface area contributed by atoms with Crippen LogP contribution in [0.1, 0.15) is 6.42 Å². The molecule has 0 spiro atoms. The molecule has 1 fully saturated rings. The highest BCUT2D eigenvalue weighted by Gasteiger charge is 2.30. The van der Waals surface area contributed by atoms with Crippen LogP contribution in [0.4, 0.5) is 5.69 Å². The van der Waals surface area contributed by atoms with E-state index >= 15 is 0 Å². The van der Waals surface area contributed by atoms with Crippen molar-refractivity contribution in [3.8, 4) is 5.69 Å². The minimum absolute atomic E-state index is 0.0178. The number of aliphatic hydroxyl groups excluding tert-OH is 1. The summed E-state index contributed by atoms with van der Waals surface area (Å²) in [6.07, 6.45) is 1.90. The minimum atomic E-state index is 0.0178. The maximum atomic E-state index is 11.9. The molecule has 1 atom stereocenters. The summed E-state index contributed by atoms with van der Waals surface area (Å²) < 4.78 is 1.54. The Bertz CT molecular complexity index is 584. The van der Waals surface area contributed by atoms with E-state index in [1.165, 1.54) is 11.0 Å². The standard InChI is InChI=1S/C12H13N5O2/c18-7-9-4-12(19)16(6-9)10-2-1-3-11(5-10)17-8-13-14-15-17/h1-3,5,8-9,18H,4,6-7H2. The highest BCUT2D eigenvalue weighted by atomic mass is 16.3. The summed E-state index contributed by atoms with van der Waals surface area (Å²) in [6, 6.07) is 7.44. The molecule has 2 aromatic rings. The monoisotopic (exact) mass is 259 g/mol. The van der Waals surface area contributed by atoms with E-state index in [4.69, 9.17) is 5.11 Å². The Balaban J connectivity index is 1.90. The van der Waals surface area contributed by atoms with E-state index in [0.29, 0.717) is 13.0 Å². The van der Waals surface area contributed by atoms with Crippen LogP contribution in [0.15, 0.2) is 30.6 Å². The van der Waals surface area contributed by atoms with Crippen molar-refractivity contribution in [2.24, 2.45) is 5.92 Å². The molecule has 0 bridgehead atoms. The number of rotatable bonds is 3. The molecule has 1 aliphatic rings. The van der Waals surface area contributed by atoms with Crippen molar-refractivity contribution < 1.29 is 9.90 Å². The molecule has 1 aromatic heterocycles. The zero-order chi connectivity index (χ0) is 13.2. The van der Waals surface area contributed by atoms with Crippen molar-refractivity contribution in [1.29, 1.82) is 0 Å². The van der Waals surface area contributed by atoms with Crippen LogP contribution < -0.4 is 4.90 Å². The fourth-order valence-electron chi connectivity index (χ4n) is 2.24. The SMILES string of the molecule is O=C1CC(CO)CN1c1cccc(-n2cnnn2)c1. The Morgan fingerprint density at radius 3 is 2.89 bits per heavy atom. The Morgan fingerprint density at radius 2 is 2.21 bits per heavy atom. The molecule has 1 unspecified atom stereocenters. The number of hydrogen-bond acceptors (Lipinski definition) is 5. The van der Waals surface area contributed by atoms with Gasteiger partial charge in [-0.2, -0.15) is 0 Å². The zero-order valence-electron chi connectivity index (χ0n) is 10.2. The van der Waals surface area contributed by atoms with E-state index < -0.39 is 0 Å². The van der Waals surface area contributed by atoms with Crippen LogP contribution in [-0.4, -0.2) is 44.4 Å². The van der Waals surface area contributed by atoms with Gasteiger partial charge in [0, 0.05) is 31.2 Å². The number of benzene rings is 1. The van der Waals surface area contributed by atoms with Crippen LogP contribution in [0, 0.1) is 5.92 Å². The lowest BCUT2D eigenvalue weighted by atomic mass is 10.1. The summed E-state index contributed by atoms with van der Waals surface area (Å²) in [6.45, 7) is 0.587. The van der Waals surface area contributed by atoms with Crippen LogP contribution in [0.2, 0.25) is 0 Å². The molecule has 1 N–H and O–H groups in total. The molecule has 1 aromatic carbocycles. The fourth-order valence-corrected chi connectivity index (χ4v) is 2.24. The molecule has 7 heteroatoms. The first-order valence-electron chi connectivity index (χ1n) is 6.02. The Kier molecular flexibility index (Phi) is 2.96. The van der Waals surface area contributed by atoms with Gasteiger partial charge in [-0.3, -0.25) is 4.79 Å². The topological polar surface area (TPSA) is 84.1 Å². The number of hydrogen-bond donors (Lipinski definition) is 1. The summed E-state index contributed by atoms with van der Waals surface area (Å²) in [5.41, 5.74) is 1.59. The maximum absolute atomic E-state index is 11.9. The van der Waals surface area contributed by atoms with E-state index in [2.05, 4.69) is 15.5 Å². The van der Waals surface area contributed by atoms with Gasteiger partial charge in [-0.1, -0.05) is 6.07 Å². The van der Waals surface area contributed by atoms with Crippen LogP contribution in [0.25, 0.3) is 5.69 Å². The lowest BCUT2D eigenvalue weighted by Crippen LogP contribution is -2.25. The molecule has 3 rings (SSSR count). The normalized spacial score (nSPS) is 19.1. The highest BCUT2D eigenvalue weighted by molar-refractivity contribution is 5.95. The van der Waals surface area contributed by atoms with Gasteiger partial charge in [-0.25, -0.2) is 4.68 Å². The van der Waals surface area contributed by atoms with Gasteiger partial charge in [-0.05, 0) is 28.6 Å². The lowest BCUT2D eigenvalue weighted by Gasteiger charge is -2.17. The largest absolute Gasteiger partial charge is 0.396 e. The number of carbonyl (C=O) groups excluding carboxylic acids is 1. The smallest absolute Gasteiger partial charge is 0.227 e. The summed E-state index contributed by atoms with van der Waals surface area (Å²) >= 11 is 0. The molecule has 0 saturated carbocycles. The van der Waals surface area contributed by atoms with E-state index in [-0.39, 0.29) is 18.4 Å². The third-order valence-corrected chi connectivity index (χ3v) is 3.22. The van der Waals surface area contributed by atoms with Crippen LogP contribution in [-0.2, 0) is 4.79 Å². The zero-order valence-corrected chi connectivity index (χ0v) is 10.2. The first kappa shape index (κ1) is 11.8. The maximum Gasteiger partial charge on any atom is 0.227 e. The average Bonchev–Trinajstić information content (AvgIpc) is 3.08. The van der Waals surface area contributed by atoms with Crippen molar-refractivity contribution in [3.05, 3.63) is 30.6 Å². The fraction of sp³-hybridized carbons (Fsp3) is 0.333. The number of carbonyl (C=O) groups is 1. The van der Waals surface area contributed by atoms with Gasteiger partial charge in [0.05, 0.1) is 5.69 Å². The second-order valence-corrected chi connectivity index (χ2v) is 4.53. The Morgan fingerprint density at radius 1 is 1.37 bits per heavy atom. The predicted molar refractivity (Wildman–Crippen MR) is 66.7 cm³/mol. The predicted octanol–water partition coefficient (Wildman–Crippen LogP) is 0.00750. The van der Waals surface area contributed by atoms with Gasteiger partial charge in [0.1, 0.15) is 6.33 Å². The van der Waals surface area contributed by atoms with Crippen LogP contribution >= 0.6 is 0 Å². The number of nitrogens with zero attached hydrogens (tertiary/aromatic N) is 5. The summed E-state index contributed by atoms with van der Waals surface area (Å²) in [4.78, 5) is 13.6. The van der Waals surface area contributed by atoms with Crippen molar-refractivity contribution in [1.82, 2.24) is 20.2 Å². The first-order chi connectivity index (χ1) is 9.28. The van der Waals surface area contributed by atoms with E-state index in [9.17, 15) is 4.79 Å². The molecule has 0 radical (unpaired) electrons. The van der Waals surface area contributed by atoms with Gasteiger partial charge >= 0.3 is 0 Å². The Hall–Kier alpha value is -2.28.